The Balaban J connectivity index is 1.50. The minimum Gasteiger partial charge on any atom is -0.381 e. The first-order chi connectivity index (χ1) is 17.6. The molecular formula is C26H29Cl2F4N5. The Bertz CT molecular complexity index is 1240. The Morgan fingerprint density at radius 2 is 1.95 bits per heavy atom. The standard InChI is InChI=1S/C26H29Cl2F4N5/c1-15-9-19-18(3-4-23-20(19)12-33-35-23)25(37(15)14-26(30,31)32)24-21(27)10-17(11-22(24)28)34-16-5-8-36(13-16)7-2-6-29/h3-4,10-12,15-16,25,34H,2,5-9,13-14H2,1H3,(H,33,35)/t15-,16+,25+/m1/s1. The Kier molecular flexibility index (Phi) is 7.60. The van der Waals surface area contributed by atoms with Gasteiger partial charge in [0.05, 0.1) is 31.0 Å². The number of hydrogen-bond acceptors (Lipinski definition) is 4. The van der Waals surface area contributed by atoms with Crippen molar-refractivity contribution < 1.29 is 17.6 Å². The fourth-order valence-corrected chi connectivity index (χ4v) is 6.49. The molecule has 2 aliphatic heterocycles. The van der Waals surface area contributed by atoms with Gasteiger partial charge in [-0.1, -0.05) is 29.3 Å². The molecule has 0 saturated carbocycles. The third-order valence-electron chi connectivity index (χ3n) is 7.43. The number of hydrogen-bond donors (Lipinski definition) is 2. The van der Waals surface area contributed by atoms with Crippen LogP contribution in [-0.4, -0.2) is 71.1 Å². The second-order valence-electron chi connectivity index (χ2n) is 10.0. The summed E-state index contributed by atoms with van der Waals surface area (Å²) in [4.78, 5) is 3.65. The highest BCUT2D eigenvalue weighted by atomic mass is 35.5. The zero-order valence-corrected chi connectivity index (χ0v) is 21.9. The number of H-pyrrole nitrogens is 1. The van der Waals surface area contributed by atoms with Crippen LogP contribution >= 0.6 is 23.2 Å². The summed E-state index contributed by atoms with van der Waals surface area (Å²) < 4.78 is 53.7. The first kappa shape index (κ1) is 26.5. The fraction of sp³-hybridized carbons (Fsp3) is 0.500. The Morgan fingerprint density at radius 1 is 1.19 bits per heavy atom. The molecule has 200 valence electrons. The van der Waals surface area contributed by atoms with E-state index in [9.17, 15) is 17.6 Å². The van der Waals surface area contributed by atoms with Gasteiger partial charge in [-0.2, -0.15) is 18.3 Å². The van der Waals surface area contributed by atoms with E-state index in [-0.39, 0.29) is 12.7 Å². The number of aromatic amines is 1. The quantitative estimate of drug-likeness (QED) is 0.321. The number of alkyl halides is 4. The lowest BCUT2D eigenvalue weighted by Crippen LogP contribution is -2.47. The summed E-state index contributed by atoms with van der Waals surface area (Å²) in [6.45, 7) is 2.76. The normalized spacial score (nSPS) is 23.1. The van der Waals surface area contributed by atoms with Crippen molar-refractivity contribution in [2.45, 2.75) is 50.5 Å². The van der Waals surface area contributed by atoms with Crippen molar-refractivity contribution in [3.8, 4) is 0 Å². The van der Waals surface area contributed by atoms with Crippen LogP contribution in [0.1, 0.15) is 42.5 Å². The van der Waals surface area contributed by atoms with E-state index in [0.717, 1.165) is 41.5 Å². The van der Waals surface area contributed by atoms with Crippen molar-refractivity contribution in [3.05, 3.63) is 57.2 Å². The van der Waals surface area contributed by atoms with E-state index >= 15 is 0 Å². The Labute approximate surface area is 223 Å². The van der Waals surface area contributed by atoms with Crippen molar-refractivity contribution in [1.82, 2.24) is 20.0 Å². The molecule has 11 heteroatoms. The molecule has 37 heavy (non-hydrogen) atoms. The molecule has 2 N–H and O–H groups in total. The van der Waals surface area contributed by atoms with Crippen LogP contribution in [0.15, 0.2) is 30.5 Å². The highest BCUT2D eigenvalue weighted by Gasteiger charge is 2.42. The smallest absolute Gasteiger partial charge is 0.381 e. The SMILES string of the molecule is C[C@@H]1Cc2c(ccc3[nH]ncc23)[C@@H](c2c(Cl)cc(N[C@H]3CCN(CCCF)C3)cc2Cl)N1CC(F)(F)F. The average molecular weight is 558 g/mol. The van der Waals surface area contributed by atoms with Gasteiger partial charge >= 0.3 is 6.18 Å². The third kappa shape index (κ3) is 5.55. The van der Waals surface area contributed by atoms with Crippen LogP contribution < -0.4 is 5.32 Å². The molecule has 1 aromatic heterocycles. The molecule has 0 spiro atoms. The van der Waals surface area contributed by atoms with E-state index in [1.807, 2.05) is 12.1 Å². The van der Waals surface area contributed by atoms with Crippen LogP contribution in [0.2, 0.25) is 10.0 Å². The zero-order valence-electron chi connectivity index (χ0n) is 20.4. The zero-order chi connectivity index (χ0) is 26.3. The van der Waals surface area contributed by atoms with Crippen molar-refractivity contribution in [3.63, 3.8) is 0 Å². The number of halogens is 6. The molecule has 5 nitrogen and oxygen atoms in total. The number of fused-ring (bicyclic) bond motifs is 3. The number of nitrogens with zero attached hydrogens (tertiary/aromatic N) is 3. The highest BCUT2D eigenvalue weighted by Crippen LogP contribution is 2.46. The first-order valence-electron chi connectivity index (χ1n) is 12.5. The number of nitrogens with one attached hydrogen (secondary N) is 2. The van der Waals surface area contributed by atoms with Gasteiger partial charge in [-0.15, -0.1) is 0 Å². The molecule has 5 rings (SSSR count). The molecule has 2 aliphatic rings. The minimum atomic E-state index is -4.39. The molecule has 1 fully saturated rings. The molecule has 3 heterocycles. The van der Waals surface area contributed by atoms with Crippen molar-refractivity contribution >= 4 is 39.8 Å². The second-order valence-corrected chi connectivity index (χ2v) is 10.8. The largest absolute Gasteiger partial charge is 0.401 e. The number of aromatic nitrogens is 2. The van der Waals surface area contributed by atoms with Crippen LogP contribution in [0.4, 0.5) is 23.2 Å². The van der Waals surface area contributed by atoms with Crippen LogP contribution in [0, 0.1) is 0 Å². The number of rotatable bonds is 7. The first-order valence-corrected chi connectivity index (χ1v) is 13.2. The van der Waals surface area contributed by atoms with Crippen LogP contribution in [-0.2, 0) is 6.42 Å². The molecule has 1 saturated heterocycles. The monoisotopic (exact) mass is 557 g/mol. The van der Waals surface area contributed by atoms with Crippen LogP contribution in [0.25, 0.3) is 10.9 Å². The van der Waals surface area contributed by atoms with Gasteiger partial charge in [0.25, 0.3) is 0 Å². The molecule has 0 radical (unpaired) electrons. The average Bonchev–Trinajstić information content (AvgIpc) is 3.48. The van der Waals surface area contributed by atoms with E-state index in [2.05, 4.69) is 20.4 Å². The van der Waals surface area contributed by atoms with E-state index in [0.29, 0.717) is 40.7 Å². The van der Waals surface area contributed by atoms with E-state index in [1.165, 1.54) is 4.90 Å². The maximum absolute atomic E-state index is 13.7. The molecule has 0 bridgehead atoms. The number of likely N-dealkylation sites (tertiary alicyclic amines) is 1. The van der Waals surface area contributed by atoms with Crippen LogP contribution in [0.5, 0.6) is 0 Å². The van der Waals surface area contributed by atoms with E-state index in [1.54, 1.807) is 25.3 Å². The lowest BCUT2D eigenvalue weighted by atomic mass is 9.83. The van der Waals surface area contributed by atoms with Crippen molar-refractivity contribution in [2.24, 2.45) is 0 Å². The van der Waals surface area contributed by atoms with Gasteiger partial charge in [0, 0.05) is 58.4 Å². The molecular weight excluding hydrogens is 529 g/mol. The maximum Gasteiger partial charge on any atom is 0.401 e. The summed E-state index contributed by atoms with van der Waals surface area (Å²) in [7, 11) is 0. The van der Waals surface area contributed by atoms with Gasteiger partial charge in [0.1, 0.15) is 0 Å². The van der Waals surface area contributed by atoms with Crippen molar-refractivity contribution in [1.29, 1.82) is 0 Å². The third-order valence-corrected chi connectivity index (χ3v) is 8.05. The van der Waals surface area contributed by atoms with Gasteiger partial charge in [0.15, 0.2) is 0 Å². The molecule has 3 aromatic rings. The molecule has 0 amide bonds. The molecule has 0 aliphatic carbocycles. The lowest BCUT2D eigenvalue weighted by molar-refractivity contribution is -0.155. The molecule has 0 unspecified atom stereocenters. The van der Waals surface area contributed by atoms with Crippen LogP contribution in [0.3, 0.4) is 0 Å². The second kappa shape index (κ2) is 10.6. The summed E-state index contributed by atoms with van der Waals surface area (Å²) in [5, 5.41) is 12.0. The maximum atomic E-state index is 13.7. The molecule has 2 aromatic carbocycles. The number of benzene rings is 2. The summed E-state index contributed by atoms with van der Waals surface area (Å²) in [6, 6.07) is 6.16. The van der Waals surface area contributed by atoms with E-state index in [4.69, 9.17) is 23.2 Å². The summed E-state index contributed by atoms with van der Waals surface area (Å²) in [5.41, 5.74) is 3.72. The summed E-state index contributed by atoms with van der Waals surface area (Å²) in [6.07, 6.45) is -0.808. The van der Waals surface area contributed by atoms with Gasteiger partial charge in [-0.25, -0.2) is 0 Å². The Hall–Kier alpha value is -2.07. The predicted octanol–water partition coefficient (Wildman–Crippen LogP) is 6.61. The predicted molar refractivity (Wildman–Crippen MR) is 139 cm³/mol. The van der Waals surface area contributed by atoms with Gasteiger partial charge in [0.2, 0.25) is 0 Å². The topological polar surface area (TPSA) is 47.2 Å². The van der Waals surface area contributed by atoms with E-state index < -0.39 is 24.8 Å². The minimum absolute atomic E-state index is 0.157. The Morgan fingerprint density at radius 3 is 2.65 bits per heavy atom. The fourth-order valence-electron chi connectivity index (χ4n) is 5.80. The summed E-state index contributed by atoms with van der Waals surface area (Å²) >= 11 is 13.6. The van der Waals surface area contributed by atoms with Gasteiger partial charge < -0.3 is 10.2 Å². The van der Waals surface area contributed by atoms with Gasteiger partial charge in [-0.05, 0) is 55.5 Å². The van der Waals surface area contributed by atoms with Gasteiger partial charge in [-0.3, -0.25) is 14.4 Å². The summed E-state index contributed by atoms with van der Waals surface area (Å²) in [5.74, 6) is 0. The van der Waals surface area contributed by atoms with Crippen molar-refractivity contribution in [2.75, 3.05) is 38.2 Å². The number of anilines is 1. The molecule has 3 atom stereocenters. The lowest BCUT2D eigenvalue weighted by Gasteiger charge is -2.43. The highest BCUT2D eigenvalue weighted by molar-refractivity contribution is 6.36.